The fourth-order valence-electron chi connectivity index (χ4n) is 2.26. The van der Waals surface area contributed by atoms with Crippen LogP contribution in [0.25, 0.3) is 6.08 Å². The van der Waals surface area contributed by atoms with Gasteiger partial charge in [-0.2, -0.15) is 5.10 Å². The molecule has 1 atom stereocenters. The number of hydrogen-bond donors (Lipinski definition) is 1. The summed E-state index contributed by atoms with van der Waals surface area (Å²) in [7, 11) is 1.82. The molecule has 132 valence electrons. The molecule has 2 aromatic rings. The SMILES string of the molecule is Cc1nn(C)c(C)c1/C=C/C(=O)O[C@H](C)C(=O)Nc1cccc(F)c1. The molecule has 0 bridgehead atoms. The van der Waals surface area contributed by atoms with Gasteiger partial charge in [-0.15, -0.1) is 0 Å². The summed E-state index contributed by atoms with van der Waals surface area (Å²) in [4.78, 5) is 23.9. The van der Waals surface area contributed by atoms with Crippen molar-refractivity contribution in [2.45, 2.75) is 26.9 Å². The summed E-state index contributed by atoms with van der Waals surface area (Å²) in [6, 6.07) is 5.47. The number of amides is 1. The molecule has 1 heterocycles. The van der Waals surface area contributed by atoms with Gasteiger partial charge in [-0.25, -0.2) is 9.18 Å². The van der Waals surface area contributed by atoms with Gasteiger partial charge < -0.3 is 10.1 Å². The van der Waals surface area contributed by atoms with Crippen LogP contribution in [0.2, 0.25) is 0 Å². The van der Waals surface area contributed by atoms with E-state index >= 15 is 0 Å². The van der Waals surface area contributed by atoms with Crippen LogP contribution in [0.5, 0.6) is 0 Å². The van der Waals surface area contributed by atoms with Crippen LogP contribution < -0.4 is 5.32 Å². The molecule has 0 aliphatic heterocycles. The van der Waals surface area contributed by atoms with Gasteiger partial charge in [0.1, 0.15) is 5.82 Å². The minimum atomic E-state index is -1.02. The zero-order valence-electron chi connectivity index (χ0n) is 14.5. The summed E-state index contributed by atoms with van der Waals surface area (Å²) in [6.07, 6.45) is 1.84. The van der Waals surface area contributed by atoms with Crippen molar-refractivity contribution in [3.8, 4) is 0 Å². The summed E-state index contributed by atoms with van der Waals surface area (Å²) in [5.41, 5.74) is 2.83. The molecule has 0 fully saturated rings. The Bertz CT molecular complexity index is 827. The average molecular weight is 345 g/mol. The lowest BCUT2D eigenvalue weighted by molar-refractivity contribution is -0.148. The second-order valence-electron chi connectivity index (χ2n) is 5.62. The highest BCUT2D eigenvalue weighted by molar-refractivity contribution is 5.96. The van der Waals surface area contributed by atoms with Crippen LogP contribution in [0, 0.1) is 19.7 Å². The molecule has 0 saturated heterocycles. The molecule has 0 saturated carbocycles. The van der Waals surface area contributed by atoms with Crippen molar-refractivity contribution in [3.05, 3.63) is 53.1 Å². The topological polar surface area (TPSA) is 73.2 Å². The van der Waals surface area contributed by atoms with Gasteiger partial charge in [0.15, 0.2) is 6.10 Å². The van der Waals surface area contributed by atoms with E-state index in [1.807, 2.05) is 20.9 Å². The van der Waals surface area contributed by atoms with Gasteiger partial charge in [0.05, 0.1) is 5.69 Å². The van der Waals surface area contributed by atoms with Crippen molar-refractivity contribution in [2.24, 2.45) is 7.05 Å². The summed E-state index contributed by atoms with van der Waals surface area (Å²) >= 11 is 0. The molecule has 0 aliphatic carbocycles. The maximum Gasteiger partial charge on any atom is 0.331 e. The zero-order chi connectivity index (χ0) is 18.6. The molecule has 0 unspecified atom stereocenters. The minimum absolute atomic E-state index is 0.296. The van der Waals surface area contributed by atoms with Crippen LogP contribution in [0.3, 0.4) is 0 Å². The van der Waals surface area contributed by atoms with Gasteiger partial charge in [-0.3, -0.25) is 9.48 Å². The first-order chi connectivity index (χ1) is 11.8. The quantitative estimate of drug-likeness (QED) is 0.668. The Balaban J connectivity index is 1.95. The number of halogens is 1. The van der Waals surface area contributed by atoms with E-state index in [-0.39, 0.29) is 0 Å². The van der Waals surface area contributed by atoms with Crippen LogP contribution in [0.1, 0.15) is 23.9 Å². The van der Waals surface area contributed by atoms with Crippen molar-refractivity contribution in [1.82, 2.24) is 9.78 Å². The number of benzene rings is 1. The number of aromatic nitrogens is 2. The van der Waals surface area contributed by atoms with E-state index in [1.165, 1.54) is 31.2 Å². The Kier molecular flexibility index (Phi) is 5.69. The predicted octanol–water partition coefficient (Wildman–Crippen LogP) is 2.76. The van der Waals surface area contributed by atoms with Gasteiger partial charge in [0.25, 0.3) is 5.91 Å². The van der Waals surface area contributed by atoms with Crippen molar-refractivity contribution in [3.63, 3.8) is 0 Å². The molecule has 0 spiro atoms. The van der Waals surface area contributed by atoms with E-state index in [1.54, 1.807) is 16.8 Å². The number of carbonyl (C=O) groups excluding carboxylic acids is 2. The molecule has 1 aromatic carbocycles. The van der Waals surface area contributed by atoms with Crippen LogP contribution in [-0.4, -0.2) is 27.8 Å². The Hall–Kier alpha value is -2.96. The molecule has 1 N–H and O–H groups in total. The molecule has 1 amide bonds. The number of nitrogens with one attached hydrogen (secondary N) is 1. The third-order valence-corrected chi connectivity index (χ3v) is 3.71. The first-order valence-electron chi connectivity index (χ1n) is 7.73. The van der Waals surface area contributed by atoms with E-state index in [2.05, 4.69) is 10.4 Å². The molecule has 1 aromatic heterocycles. The van der Waals surface area contributed by atoms with Crippen molar-refractivity contribution < 1.29 is 18.7 Å². The Labute approximate surface area is 145 Å². The van der Waals surface area contributed by atoms with E-state index in [0.29, 0.717) is 5.69 Å². The van der Waals surface area contributed by atoms with Crippen molar-refractivity contribution in [1.29, 1.82) is 0 Å². The van der Waals surface area contributed by atoms with Gasteiger partial charge in [-0.05, 0) is 45.0 Å². The van der Waals surface area contributed by atoms with E-state index in [9.17, 15) is 14.0 Å². The number of esters is 1. The van der Waals surface area contributed by atoms with Crippen LogP contribution in [0.4, 0.5) is 10.1 Å². The Morgan fingerprint density at radius 1 is 1.36 bits per heavy atom. The number of nitrogens with zero attached hydrogens (tertiary/aromatic N) is 2. The van der Waals surface area contributed by atoms with E-state index < -0.39 is 23.8 Å². The lowest BCUT2D eigenvalue weighted by Gasteiger charge is -2.12. The van der Waals surface area contributed by atoms with Gasteiger partial charge in [0, 0.05) is 30.1 Å². The third kappa shape index (κ3) is 4.76. The molecule has 7 heteroatoms. The zero-order valence-corrected chi connectivity index (χ0v) is 14.5. The number of ether oxygens (including phenoxy) is 1. The minimum Gasteiger partial charge on any atom is -0.449 e. The molecular weight excluding hydrogens is 325 g/mol. The predicted molar refractivity (Wildman–Crippen MR) is 92.3 cm³/mol. The first kappa shape index (κ1) is 18.4. The summed E-state index contributed by atoms with van der Waals surface area (Å²) in [5.74, 6) is -1.65. The normalized spacial score (nSPS) is 12.2. The second kappa shape index (κ2) is 7.74. The van der Waals surface area contributed by atoms with Crippen molar-refractivity contribution >= 4 is 23.6 Å². The fraction of sp³-hybridized carbons (Fsp3) is 0.278. The maximum atomic E-state index is 13.1. The molecule has 0 aliphatic rings. The van der Waals surface area contributed by atoms with Gasteiger partial charge >= 0.3 is 5.97 Å². The monoisotopic (exact) mass is 345 g/mol. The number of anilines is 1. The van der Waals surface area contributed by atoms with Crippen LogP contribution in [-0.2, 0) is 21.4 Å². The molecule has 6 nitrogen and oxygen atoms in total. The largest absolute Gasteiger partial charge is 0.449 e. The number of hydrogen-bond acceptors (Lipinski definition) is 4. The number of carbonyl (C=O) groups is 2. The Morgan fingerprint density at radius 2 is 2.08 bits per heavy atom. The second-order valence-corrected chi connectivity index (χ2v) is 5.62. The Morgan fingerprint density at radius 3 is 2.68 bits per heavy atom. The van der Waals surface area contributed by atoms with E-state index in [0.717, 1.165) is 17.0 Å². The summed E-state index contributed by atoms with van der Waals surface area (Å²) in [5, 5.41) is 6.74. The van der Waals surface area contributed by atoms with Gasteiger partial charge in [0.2, 0.25) is 0 Å². The molecule has 0 radical (unpaired) electrons. The lowest BCUT2D eigenvalue weighted by Crippen LogP contribution is -2.29. The van der Waals surface area contributed by atoms with Crippen LogP contribution in [0.15, 0.2) is 30.3 Å². The summed E-state index contributed by atoms with van der Waals surface area (Å²) < 4.78 is 19.9. The lowest BCUT2D eigenvalue weighted by atomic mass is 10.2. The maximum absolute atomic E-state index is 13.1. The average Bonchev–Trinajstić information content (AvgIpc) is 2.78. The highest BCUT2D eigenvalue weighted by Crippen LogP contribution is 2.14. The van der Waals surface area contributed by atoms with Crippen molar-refractivity contribution in [2.75, 3.05) is 5.32 Å². The molecule has 2 rings (SSSR count). The molecule has 25 heavy (non-hydrogen) atoms. The highest BCUT2D eigenvalue weighted by Gasteiger charge is 2.17. The van der Waals surface area contributed by atoms with E-state index in [4.69, 9.17) is 4.74 Å². The third-order valence-electron chi connectivity index (χ3n) is 3.71. The molecular formula is C18H20FN3O3. The van der Waals surface area contributed by atoms with Gasteiger partial charge in [-0.1, -0.05) is 6.07 Å². The van der Waals surface area contributed by atoms with Crippen LogP contribution >= 0.6 is 0 Å². The standard InChI is InChI=1S/C18H20FN3O3/c1-11-16(12(2)22(4)21-11)8-9-17(23)25-13(3)18(24)20-15-7-5-6-14(19)10-15/h5-10,13H,1-4H3,(H,20,24)/b9-8+/t13-/m1/s1. The summed E-state index contributed by atoms with van der Waals surface area (Å²) in [6.45, 7) is 5.17. The number of aryl methyl sites for hydroxylation is 2. The fourth-order valence-corrected chi connectivity index (χ4v) is 2.26. The highest BCUT2D eigenvalue weighted by atomic mass is 19.1. The number of rotatable bonds is 5. The smallest absolute Gasteiger partial charge is 0.331 e. The first-order valence-corrected chi connectivity index (χ1v) is 7.73.